The summed E-state index contributed by atoms with van der Waals surface area (Å²) in [5.41, 5.74) is 0. The lowest BCUT2D eigenvalue weighted by Crippen LogP contribution is -2.22. The molecule has 2 aromatic rings. The number of aliphatic hydroxyl groups is 1. The van der Waals surface area contributed by atoms with Crippen LogP contribution in [-0.4, -0.2) is 99.0 Å². The van der Waals surface area contributed by atoms with Crippen molar-refractivity contribution in [3.05, 3.63) is 24.3 Å². The van der Waals surface area contributed by atoms with E-state index in [0.717, 1.165) is 0 Å². The van der Waals surface area contributed by atoms with Crippen molar-refractivity contribution >= 4 is 17.7 Å². The molecule has 42 heavy (non-hydrogen) atoms. The molecule has 14 nitrogen and oxygen atoms in total. The van der Waals surface area contributed by atoms with E-state index in [9.17, 15) is 19.5 Å². The number of carbonyl (C=O) groups excluding carboxylic acids is 3. The molecule has 0 saturated carbocycles. The Bertz CT molecular complexity index is 1160. The van der Waals surface area contributed by atoms with Crippen LogP contribution in [0.15, 0.2) is 24.3 Å². The van der Waals surface area contributed by atoms with E-state index in [0.29, 0.717) is 46.0 Å². The number of ketones is 1. The summed E-state index contributed by atoms with van der Waals surface area (Å²) in [7, 11) is 11.3. The van der Waals surface area contributed by atoms with Gasteiger partial charge < -0.3 is 52.5 Å². The SMILES string of the molecule is COC(=O)CC(=O)COc1ccc(OC)c(OC)c1OC.COC(=O)CC(O)COc1ccc(OC)c(OC)c1OC. The monoisotopic (exact) mass is 598 g/mol. The highest BCUT2D eigenvalue weighted by molar-refractivity contribution is 5.96. The maximum absolute atomic E-state index is 11.5. The standard InChI is InChI=1S/C14H20O7.C14H18O7/c2*1-17-10-5-6-11(14(20-4)13(10)19-3)21-8-9(15)7-12(16)18-2/h5-6,9,15H,7-8H2,1-4H3;5-6H,7-8H2,1-4H3. The lowest BCUT2D eigenvalue weighted by atomic mass is 10.2. The van der Waals surface area contributed by atoms with Crippen LogP contribution in [0.4, 0.5) is 0 Å². The molecule has 0 radical (unpaired) electrons. The van der Waals surface area contributed by atoms with Gasteiger partial charge in [-0.2, -0.15) is 0 Å². The zero-order valence-electron chi connectivity index (χ0n) is 25.0. The first kappa shape index (κ1) is 35.4. The molecule has 234 valence electrons. The van der Waals surface area contributed by atoms with E-state index in [1.807, 2.05) is 0 Å². The van der Waals surface area contributed by atoms with E-state index in [4.69, 9.17) is 37.9 Å². The minimum Gasteiger partial charge on any atom is -0.493 e. The number of ether oxygens (including phenoxy) is 10. The number of carbonyl (C=O) groups is 3. The van der Waals surface area contributed by atoms with Crippen LogP contribution in [-0.2, 0) is 23.9 Å². The van der Waals surface area contributed by atoms with Crippen molar-refractivity contribution in [1.82, 2.24) is 0 Å². The van der Waals surface area contributed by atoms with Gasteiger partial charge in [-0.05, 0) is 24.3 Å². The average molecular weight is 599 g/mol. The molecule has 0 amide bonds. The molecule has 1 N–H and O–H groups in total. The highest BCUT2D eigenvalue weighted by atomic mass is 16.6. The number of esters is 2. The van der Waals surface area contributed by atoms with Crippen LogP contribution in [0.3, 0.4) is 0 Å². The van der Waals surface area contributed by atoms with Crippen molar-refractivity contribution in [1.29, 1.82) is 0 Å². The normalized spacial score (nSPS) is 10.6. The van der Waals surface area contributed by atoms with Crippen LogP contribution < -0.4 is 37.9 Å². The molecule has 0 spiro atoms. The van der Waals surface area contributed by atoms with Gasteiger partial charge in [-0.25, -0.2) is 0 Å². The third kappa shape index (κ3) is 10.4. The molecule has 14 heteroatoms. The Hall–Kier alpha value is -4.59. The third-order valence-electron chi connectivity index (χ3n) is 5.36. The summed E-state index contributed by atoms with van der Waals surface area (Å²) < 4.78 is 50.9. The number of benzene rings is 2. The molecular weight excluding hydrogens is 560 g/mol. The molecule has 0 saturated heterocycles. The molecule has 2 aromatic carbocycles. The summed E-state index contributed by atoms with van der Waals surface area (Å²) in [6, 6.07) is 6.50. The minimum atomic E-state index is -0.977. The van der Waals surface area contributed by atoms with Crippen molar-refractivity contribution in [3.63, 3.8) is 0 Å². The first-order valence-corrected chi connectivity index (χ1v) is 12.3. The van der Waals surface area contributed by atoms with Gasteiger partial charge in [-0.15, -0.1) is 0 Å². The van der Waals surface area contributed by atoms with Gasteiger partial charge in [0.25, 0.3) is 0 Å². The lowest BCUT2D eigenvalue weighted by Gasteiger charge is -2.17. The van der Waals surface area contributed by atoms with Crippen LogP contribution in [0.1, 0.15) is 12.8 Å². The van der Waals surface area contributed by atoms with Crippen LogP contribution in [0.25, 0.3) is 0 Å². The van der Waals surface area contributed by atoms with Crippen LogP contribution in [0.2, 0.25) is 0 Å². The fourth-order valence-corrected chi connectivity index (χ4v) is 3.34. The second-order valence-corrected chi connectivity index (χ2v) is 7.99. The van der Waals surface area contributed by atoms with Crippen LogP contribution in [0, 0.1) is 0 Å². The Balaban J connectivity index is 0.000000420. The molecule has 0 fully saturated rings. The predicted molar refractivity (Wildman–Crippen MR) is 147 cm³/mol. The van der Waals surface area contributed by atoms with Crippen molar-refractivity contribution in [2.24, 2.45) is 0 Å². The van der Waals surface area contributed by atoms with Gasteiger partial charge in [0, 0.05) is 0 Å². The van der Waals surface area contributed by atoms with Crippen molar-refractivity contribution in [3.8, 4) is 46.0 Å². The summed E-state index contributed by atoms with van der Waals surface area (Å²) in [5.74, 6) is 1.54. The van der Waals surface area contributed by atoms with Gasteiger partial charge in [0.2, 0.25) is 23.0 Å². The van der Waals surface area contributed by atoms with Gasteiger partial charge in [0.15, 0.2) is 28.8 Å². The van der Waals surface area contributed by atoms with E-state index >= 15 is 0 Å². The van der Waals surface area contributed by atoms with Crippen molar-refractivity contribution < 1.29 is 66.9 Å². The molecule has 0 aliphatic carbocycles. The Labute approximate surface area is 244 Å². The Morgan fingerprint density at radius 2 is 1.00 bits per heavy atom. The van der Waals surface area contributed by atoms with E-state index in [-0.39, 0.29) is 26.1 Å². The number of Topliss-reactive ketones (excluding diaryl/α,β-unsaturated/α-hetero) is 1. The van der Waals surface area contributed by atoms with E-state index < -0.39 is 23.8 Å². The third-order valence-corrected chi connectivity index (χ3v) is 5.36. The summed E-state index contributed by atoms with van der Waals surface area (Å²) in [6.07, 6.45) is -1.46. The van der Waals surface area contributed by atoms with Crippen LogP contribution >= 0.6 is 0 Å². The quantitative estimate of drug-likeness (QED) is 0.221. The average Bonchev–Trinajstić information content (AvgIpc) is 3.01. The molecule has 1 atom stereocenters. The summed E-state index contributed by atoms with van der Waals surface area (Å²) in [6.45, 7) is -0.359. The highest BCUT2D eigenvalue weighted by Gasteiger charge is 2.20. The second-order valence-electron chi connectivity index (χ2n) is 7.99. The maximum Gasteiger partial charge on any atom is 0.313 e. The molecule has 0 heterocycles. The van der Waals surface area contributed by atoms with E-state index in [2.05, 4.69) is 9.47 Å². The zero-order chi connectivity index (χ0) is 31.7. The molecule has 2 rings (SSSR count). The number of hydrogen-bond donors (Lipinski definition) is 1. The molecule has 0 aliphatic rings. The Morgan fingerprint density at radius 1 is 0.595 bits per heavy atom. The largest absolute Gasteiger partial charge is 0.493 e. The van der Waals surface area contributed by atoms with E-state index in [1.165, 1.54) is 56.9 Å². The molecular formula is C28H38O14. The second kappa shape index (κ2) is 18.7. The summed E-state index contributed by atoms with van der Waals surface area (Å²) in [5, 5.41) is 9.68. The zero-order valence-corrected chi connectivity index (χ0v) is 25.0. The van der Waals surface area contributed by atoms with Crippen molar-refractivity contribution in [2.45, 2.75) is 18.9 Å². The smallest absolute Gasteiger partial charge is 0.313 e. The molecule has 0 aromatic heterocycles. The number of methoxy groups -OCH3 is 8. The Morgan fingerprint density at radius 3 is 1.40 bits per heavy atom. The topological polar surface area (TPSA) is 164 Å². The van der Waals surface area contributed by atoms with Crippen LogP contribution in [0.5, 0.6) is 46.0 Å². The molecule has 0 aliphatic heterocycles. The minimum absolute atomic E-state index is 0.0824. The molecule has 0 bridgehead atoms. The number of rotatable bonds is 16. The lowest BCUT2D eigenvalue weighted by molar-refractivity contribution is -0.144. The maximum atomic E-state index is 11.5. The van der Waals surface area contributed by atoms with Gasteiger partial charge in [0.05, 0.1) is 69.4 Å². The van der Waals surface area contributed by atoms with Gasteiger partial charge in [-0.3, -0.25) is 14.4 Å². The summed E-state index contributed by atoms with van der Waals surface area (Å²) >= 11 is 0. The first-order chi connectivity index (χ1) is 20.1. The Kier molecular flexibility index (Phi) is 15.8. The predicted octanol–water partition coefficient (Wildman–Crippen LogP) is 2.24. The number of aliphatic hydroxyl groups excluding tert-OH is 1. The van der Waals surface area contributed by atoms with Gasteiger partial charge in [0.1, 0.15) is 19.6 Å². The fraction of sp³-hybridized carbons (Fsp3) is 0.464. The molecule has 1 unspecified atom stereocenters. The highest BCUT2D eigenvalue weighted by Crippen LogP contribution is 2.44. The van der Waals surface area contributed by atoms with E-state index in [1.54, 1.807) is 24.3 Å². The van der Waals surface area contributed by atoms with Crippen molar-refractivity contribution in [2.75, 3.05) is 70.1 Å². The van der Waals surface area contributed by atoms with Gasteiger partial charge in [-0.1, -0.05) is 0 Å². The fourth-order valence-electron chi connectivity index (χ4n) is 3.34. The van der Waals surface area contributed by atoms with Gasteiger partial charge >= 0.3 is 11.9 Å². The number of hydrogen-bond acceptors (Lipinski definition) is 14. The first-order valence-electron chi connectivity index (χ1n) is 12.3. The summed E-state index contributed by atoms with van der Waals surface area (Å²) in [4.78, 5) is 33.6.